The van der Waals surface area contributed by atoms with Crippen LogP contribution in [0.2, 0.25) is 0 Å². The van der Waals surface area contributed by atoms with E-state index in [0.29, 0.717) is 44.6 Å². The Morgan fingerprint density at radius 1 is 1.15 bits per heavy atom. The van der Waals surface area contributed by atoms with Crippen molar-refractivity contribution >= 4 is 29.1 Å². The van der Waals surface area contributed by atoms with Crippen molar-refractivity contribution in [3.63, 3.8) is 0 Å². The lowest BCUT2D eigenvalue weighted by atomic mass is 9.84. The van der Waals surface area contributed by atoms with Gasteiger partial charge in [-0.25, -0.2) is 9.78 Å². The van der Waals surface area contributed by atoms with Crippen LogP contribution >= 0.6 is 23.1 Å². The summed E-state index contributed by atoms with van der Waals surface area (Å²) in [5.74, 6) is 0.844. The first-order valence-corrected chi connectivity index (χ1v) is 13.5. The van der Waals surface area contributed by atoms with Gasteiger partial charge >= 0.3 is 12.2 Å². The lowest BCUT2D eigenvalue weighted by Crippen LogP contribution is -2.52. The van der Waals surface area contributed by atoms with E-state index >= 15 is 0 Å². The third-order valence-corrected chi connectivity index (χ3v) is 8.38. The predicted octanol–water partition coefficient (Wildman–Crippen LogP) is 5.83. The lowest BCUT2D eigenvalue weighted by molar-refractivity contribution is -0.137. The second-order valence-corrected chi connectivity index (χ2v) is 11.5. The predicted molar refractivity (Wildman–Crippen MR) is 129 cm³/mol. The maximum Gasteiger partial charge on any atom is 0.416 e. The molecule has 34 heavy (non-hydrogen) atoms. The summed E-state index contributed by atoms with van der Waals surface area (Å²) in [7, 11) is 0. The van der Waals surface area contributed by atoms with Gasteiger partial charge in [0.2, 0.25) is 0 Å². The first-order valence-electron chi connectivity index (χ1n) is 11.6. The van der Waals surface area contributed by atoms with Gasteiger partial charge in [0.05, 0.1) is 29.5 Å². The van der Waals surface area contributed by atoms with E-state index in [1.807, 2.05) is 21.6 Å². The molecule has 0 spiro atoms. The highest BCUT2D eigenvalue weighted by molar-refractivity contribution is 7.99. The molecule has 2 unspecified atom stereocenters. The largest absolute Gasteiger partial charge is 0.416 e. The number of amides is 2. The Kier molecular flexibility index (Phi) is 8.09. The molecule has 4 rings (SSSR count). The van der Waals surface area contributed by atoms with Gasteiger partial charge in [0.1, 0.15) is 0 Å². The number of benzene rings is 1. The number of carbonyl (C=O) groups excluding carboxylic acids is 1. The molecule has 0 N–H and O–H groups in total. The molecule has 2 fully saturated rings. The Morgan fingerprint density at radius 3 is 2.47 bits per heavy atom. The number of aromatic nitrogens is 1. The molecule has 3 heterocycles. The van der Waals surface area contributed by atoms with Crippen molar-refractivity contribution in [2.45, 2.75) is 49.3 Å². The number of halogens is 3. The Hall–Kier alpha value is -1.78. The molecule has 0 saturated carbocycles. The second kappa shape index (κ2) is 10.9. The summed E-state index contributed by atoms with van der Waals surface area (Å²) >= 11 is 3.45. The standard InChI is InChI=1S/C24H30F3N3O2S2/c1-16(2)33-14-21-15-34-22(28-21)19-11-18(17-3-5-20(6-4-17)24(25,26)27)12-30(13-19)23(31)29-7-9-32-10-8-29/h3-6,15-16,18-19H,7-14H2,1-2H3. The fraction of sp³-hybridized carbons (Fsp3) is 0.583. The molecular weight excluding hydrogens is 483 g/mol. The third-order valence-electron chi connectivity index (χ3n) is 6.20. The smallest absolute Gasteiger partial charge is 0.378 e. The number of rotatable bonds is 5. The average molecular weight is 514 g/mol. The SMILES string of the molecule is CC(C)SCc1csc(C2CC(c3ccc(C(F)(F)F)cc3)CN(C(=O)N3CCOCC3)C2)n1. The van der Waals surface area contributed by atoms with Crippen LogP contribution < -0.4 is 0 Å². The van der Waals surface area contributed by atoms with E-state index in [9.17, 15) is 18.0 Å². The van der Waals surface area contributed by atoms with Crippen LogP contribution in [0.3, 0.4) is 0 Å². The number of alkyl halides is 3. The number of nitrogens with zero attached hydrogens (tertiary/aromatic N) is 3. The molecule has 2 atom stereocenters. The molecule has 0 aliphatic carbocycles. The number of thiazole rings is 1. The molecule has 186 valence electrons. The molecule has 2 amide bonds. The van der Waals surface area contributed by atoms with Crippen molar-refractivity contribution in [2.24, 2.45) is 0 Å². The van der Waals surface area contributed by atoms with Gasteiger partial charge in [-0.15, -0.1) is 11.3 Å². The van der Waals surface area contributed by atoms with E-state index in [0.717, 1.165) is 40.6 Å². The maximum absolute atomic E-state index is 13.3. The summed E-state index contributed by atoms with van der Waals surface area (Å²) in [5, 5.41) is 3.60. The fourth-order valence-electron chi connectivity index (χ4n) is 4.40. The van der Waals surface area contributed by atoms with Crippen molar-refractivity contribution in [1.82, 2.24) is 14.8 Å². The van der Waals surface area contributed by atoms with Crippen LogP contribution in [0.5, 0.6) is 0 Å². The summed E-state index contributed by atoms with van der Waals surface area (Å²) in [6, 6.07) is 5.35. The summed E-state index contributed by atoms with van der Waals surface area (Å²) in [5.41, 5.74) is 1.21. The summed E-state index contributed by atoms with van der Waals surface area (Å²) < 4.78 is 44.6. The van der Waals surface area contributed by atoms with Crippen LogP contribution in [-0.4, -0.2) is 65.5 Å². The van der Waals surface area contributed by atoms with Gasteiger partial charge in [-0.05, 0) is 29.4 Å². The molecule has 2 saturated heterocycles. The van der Waals surface area contributed by atoms with Crippen LogP contribution in [0.4, 0.5) is 18.0 Å². The van der Waals surface area contributed by atoms with Gasteiger partial charge in [-0.3, -0.25) is 0 Å². The lowest BCUT2D eigenvalue weighted by Gasteiger charge is -2.40. The third kappa shape index (κ3) is 6.26. The minimum Gasteiger partial charge on any atom is -0.378 e. The van der Waals surface area contributed by atoms with E-state index in [-0.39, 0.29) is 17.9 Å². The molecule has 10 heteroatoms. The molecular formula is C24H30F3N3O2S2. The number of ether oxygens (including phenoxy) is 1. The van der Waals surface area contributed by atoms with Crippen molar-refractivity contribution in [3.8, 4) is 0 Å². The van der Waals surface area contributed by atoms with E-state index < -0.39 is 11.7 Å². The van der Waals surface area contributed by atoms with Crippen LogP contribution in [0, 0.1) is 0 Å². The quantitative estimate of drug-likeness (QED) is 0.505. The van der Waals surface area contributed by atoms with E-state index in [4.69, 9.17) is 9.72 Å². The number of urea groups is 1. The first-order chi connectivity index (χ1) is 16.2. The first kappa shape index (κ1) is 25.3. The summed E-state index contributed by atoms with van der Waals surface area (Å²) in [6.45, 7) is 7.52. The van der Waals surface area contributed by atoms with Crippen LogP contribution in [0.1, 0.15) is 53.9 Å². The highest BCUT2D eigenvalue weighted by Crippen LogP contribution is 2.39. The molecule has 0 bridgehead atoms. The zero-order valence-corrected chi connectivity index (χ0v) is 21.0. The molecule has 1 aromatic heterocycles. The second-order valence-electron chi connectivity index (χ2n) is 9.07. The Balaban J connectivity index is 1.55. The van der Waals surface area contributed by atoms with Gasteiger partial charge in [0.25, 0.3) is 0 Å². The number of hydrogen-bond donors (Lipinski definition) is 0. The van der Waals surface area contributed by atoms with Crippen LogP contribution in [-0.2, 0) is 16.7 Å². The molecule has 2 aliphatic heterocycles. The Bertz CT molecular complexity index is 959. The van der Waals surface area contributed by atoms with Crippen molar-refractivity contribution < 1.29 is 22.7 Å². The topological polar surface area (TPSA) is 45.7 Å². The van der Waals surface area contributed by atoms with Crippen molar-refractivity contribution in [1.29, 1.82) is 0 Å². The van der Waals surface area contributed by atoms with Crippen LogP contribution in [0.25, 0.3) is 0 Å². The highest BCUT2D eigenvalue weighted by Gasteiger charge is 2.36. The highest BCUT2D eigenvalue weighted by atomic mass is 32.2. The van der Waals surface area contributed by atoms with Crippen molar-refractivity contribution in [3.05, 3.63) is 51.5 Å². The van der Waals surface area contributed by atoms with Gasteiger partial charge in [-0.1, -0.05) is 26.0 Å². The maximum atomic E-state index is 13.3. The fourth-order valence-corrected chi connectivity index (χ4v) is 6.09. The number of morpholine rings is 1. The molecule has 1 aromatic carbocycles. The molecule has 2 aromatic rings. The van der Waals surface area contributed by atoms with E-state index in [1.54, 1.807) is 23.5 Å². The minimum absolute atomic E-state index is 0.0305. The normalized spacial score (nSPS) is 21.8. The monoisotopic (exact) mass is 513 g/mol. The van der Waals surface area contributed by atoms with Crippen molar-refractivity contribution in [2.75, 3.05) is 39.4 Å². The molecule has 5 nitrogen and oxygen atoms in total. The molecule has 0 radical (unpaired) electrons. The Labute approximate surface area is 206 Å². The number of thioether (sulfide) groups is 1. The Morgan fingerprint density at radius 2 is 1.82 bits per heavy atom. The van der Waals surface area contributed by atoms with Crippen LogP contribution in [0.15, 0.2) is 29.6 Å². The number of carbonyl (C=O) groups is 1. The zero-order valence-electron chi connectivity index (χ0n) is 19.4. The van der Waals surface area contributed by atoms with Gasteiger partial charge in [0, 0.05) is 49.1 Å². The van der Waals surface area contributed by atoms with Gasteiger partial charge in [-0.2, -0.15) is 24.9 Å². The van der Waals surface area contributed by atoms with Gasteiger partial charge in [0.15, 0.2) is 0 Å². The van der Waals surface area contributed by atoms with E-state index in [2.05, 4.69) is 19.2 Å². The van der Waals surface area contributed by atoms with Gasteiger partial charge < -0.3 is 14.5 Å². The zero-order chi connectivity index (χ0) is 24.3. The number of likely N-dealkylation sites (tertiary alicyclic amines) is 1. The molecule has 2 aliphatic rings. The summed E-state index contributed by atoms with van der Waals surface area (Å²) in [6.07, 6.45) is -3.61. The average Bonchev–Trinajstić information content (AvgIpc) is 3.31. The number of hydrogen-bond acceptors (Lipinski definition) is 5. The van der Waals surface area contributed by atoms with E-state index in [1.165, 1.54) is 0 Å². The minimum atomic E-state index is -4.36. The summed E-state index contributed by atoms with van der Waals surface area (Å²) in [4.78, 5) is 21.8. The number of piperidine rings is 1.